The van der Waals surface area contributed by atoms with Crippen LogP contribution in [-0.4, -0.2) is 27.1 Å². The fourth-order valence-corrected chi connectivity index (χ4v) is 4.85. The average Bonchev–Trinajstić information content (AvgIpc) is 2.92. The van der Waals surface area contributed by atoms with E-state index in [1.54, 1.807) is 20.1 Å². The summed E-state index contributed by atoms with van der Waals surface area (Å²) in [6, 6.07) is 9.59. The van der Waals surface area contributed by atoms with Crippen LogP contribution in [0.3, 0.4) is 0 Å². The molecule has 27 heavy (non-hydrogen) atoms. The lowest BCUT2D eigenvalue weighted by atomic mass is 10.1. The fourth-order valence-electron chi connectivity index (χ4n) is 3.58. The number of ether oxygens (including phenoxy) is 1. The highest BCUT2D eigenvalue weighted by atomic mass is 32.2. The lowest BCUT2D eigenvalue weighted by Crippen LogP contribution is -2.26. The van der Waals surface area contributed by atoms with Crippen LogP contribution in [0.25, 0.3) is 10.9 Å². The summed E-state index contributed by atoms with van der Waals surface area (Å²) < 4.78 is 33.6. The van der Waals surface area contributed by atoms with Crippen LogP contribution in [0.2, 0.25) is 0 Å². The van der Waals surface area contributed by atoms with Gasteiger partial charge < -0.3 is 9.72 Å². The molecule has 0 radical (unpaired) electrons. The Balaban J connectivity index is 1.82. The first-order valence-corrected chi connectivity index (χ1v) is 10.4. The van der Waals surface area contributed by atoms with Crippen LogP contribution in [0.15, 0.2) is 35.2 Å². The van der Waals surface area contributed by atoms with Gasteiger partial charge in [0.05, 0.1) is 12.0 Å². The molecule has 0 bridgehead atoms. The number of fused-ring (bicyclic) bond motifs is 1. The number of sulfonamides is 1. The van der Waals surface area contributed by atoms with Crippen molar-refractivity contribution < 1.29 is 13.2 Å². The molecule has 6 heteroatoms. The van der Waals surface area contributed by atoms with E-state index in [2.05, 4.69) is 28.8 Å². The third kappa shape index (κ3) is 3.73. The highest BCUT2D eigenvalue weighted by molar-refractivity contribution is 7.89. The van der Waals surface area contributed by atoms with E-state index < -0.39 is 10.0 Å². The van der Waals surface area contributed by atoms with Crippen LogP contribution in [-0.2, 0) is 16.4 Å². The Hall–Kier alpha value is -2.31. The second kappa shape index (κ2) is 7.37. The maximum atomic E-state index is 12.8. The van der Waals surface area contributed by atoms with E-state index in [4.69, 9.17) is 4.74 Å². The summed E-state index contributed by atoms with van der Waals surface area (Å²) in [4.78, 5) is 3.67. The molecule has 2 aromatic carbocycles. The molecule has 0 aliphatic rings. The first-order chi connectivity index (χ1) is 12.7. The van der Waals surface area contributed by atoms with Gasteiger partial charge in [0.15, 0.2) is 0 Å². The van der Waals surface area contributed by atoms with E-state index in [1.165, 1.54) is 5.56 Å². The summed E-state index contributed by atoms with van der Waals surface area (Å²) in [7, 11) is -2.06. The number of para-hydroxylation sites is 1. The van der Waals surface area contributed by atoms with Crippen molar-refractivity contribution in [1.82, 2.24) is 9.71 Å². The second-order valence-corrected chi connectivity index (χ2v) is 8.70. The maximum Gasteiger partial charge on any atom is 0.240 e. The van der Waals surface area contributed by atoms with Gasteiger partial charge in [-0.3, -0.25) is 0 Å². The minimum Gasteiger partial charge on any atom is -0.496 e. The average molecular weight is 387 g/mol. The number of aromatic amines is 1. The third-order valence-corrected chi connectivity index (χ3v) is 6.62. The molecule has 0 aliphatic carbocycles. The van der Waals surface area contributed by atoms with Crippen LogP contribution in [0.4, 0.5) is 0 Å². The normalized spacial score (nSPS) is 11.9. The number of aromatic nitrogens is 1. The summed E-state index contributed by atoms with van der Waals surface area (Å²) in [6.45, 7) is 8.13. The van der Waals surface area contributed by atoms with Gasteiger partial charge >= 0.3 is 0 Å². The number of benzene rings is 2. The van der Waals surface area contributed by atoms with E-state index >= 15 is 0 Å². The van der Waals surface area contributed by atoms with Gasteiger partial charge in [0.25, 0.3) is 0 Å². The molecule has 3 rings (SSSR count). The minimum absolute atomic E-state index is 0.261. The largest absolute Gasteiger partial charge is 0.496 e. The minimum atomic E-state index is -3.61. The summed E-state index contributed by atoms with van der Waals surface area (Å²) in [6.07, 6.45) is 0.622. The standard InChI is InChI=1S/C21H26N2O3S/c1-13-7-6-8-18-17(16(4)23-21(13)18)9-10-22-27(24,25)20-12-19(26-5)14(2)11-15(20)3/h6-8,11-12,22-23H,9-10H2,1-5H3. The van der Waals surface area contributed by atoms with Gasteiger partial charge in [-0.05, 0) is 56.4 Å². The number of nitrogens with one attached hydrogen (secondary N) is 2. The van der Waals surface area contributed by atoms with Crippen molar-refractivity contribution in [3.8, 4) is 5.75 Å². The van der Waals surface area contributed by atoms with Crippen molar-refractivity contribution in [1.29, 1.82) is 0 Å². The molecule has 2 N–H and O–H groups in total. The molecule has 1 aromatic heterocycles. The molecule has 0 unspecified atom stereocenters. The predicted octanol–water partition coefficient (Wildman–Crippen LogP) is 3.93. The number of aryl methyl sites for hydroxylation is 4. The van der Waals surface area contributed by atoms with Crippen LogP contribution < -0.4 is 9.46 Å². The Morgan fingerprint density at radius 3 is 2.48 bits per heavy atom. The van der Waals surface area contributed by atoms with E-state index in [0.717, 1.165) is 27.7 Å². The SMILES string of the molecule is COc1cc(S(=O)(=O)NCCc2c(C)[nH]c3c(C)cccc23)c(C)cc1C. The smallest absolute Gasteiger partial charge is 0.240 e. The van der Waals surface area contributed by atoms with Crippen molar-refractivity contribution in [2.45, 2.75) is 39.0 Å². The molecule has 1 heterocycles. The molecular formula is C21H26N2O3S. The Labute approximate surface area is 160 Å². The van der Waals surface area contributed by atoms with E-state index in [0.29, 0.717) is 24.3 Å². The number of hydrogen-bond donors (Lipinski definition) is 2. The highest BCUT2D eigenvalue weighted by Gasteiger charge is 2.19. The molecule has 0 fully saturated rings. The molecule has 0 saturated carbocycles. The predicted molar refractivity (Wildman–Crippen MR) is 109 cm³/mol. The van der Waals surface area contributed by atoms with Crippen molar-refractivity contribution in [3.05, 3.63) is 58.3 Å². The van der Waals surface area contributed by atoms with Gasteiger partial charge in [-0.25, -0.2) is 13.1 Å². The van der Waals surface area contributed by atoms with Crippen LogP contribution in [0, 0.1) is 27.7 Å². The fraction of sp³-hybridized carbons (Fsp3) is 0.333. The number of methoxy groups -OCH3 is 1. The van der Waals surface area contributed by atoms with E-state index in [1.807, 2.05) is 26.0 Å². The van der Waals surface area contributed by atoms with Crippen LogP contribution in [0.1, 0.15) is 27.9 Å². The molecule has 5 nitrogen and oxygen atoms in total. The van der Waals surface area contributed by atoms with Crippen molar-refractivity contribution in [3.63, 3.8) is 0 Å². The summed E-state index contributed by atoms with van der Waals surface area (Å²) in [5, 5.41) is 1.15. The van der Waals surface area contributed by atoms with Gasteiger partial charge in [-0.1, -0.05) is 24.3 Å². The van der Waals surface area contributed by atoms with Crippen LogP contribution in [0.5, 0.6) is 5.75 Å². The zero-order chi connectivity index (χ0) is 19.8. The van der Waals surface area contributed by atoms with E-state index in [-0.39, 0.29) is 4.90 Å². The van der Waals surface area contributed by atoms with Gasteiger partial charge in [0.2, 0.25) is 10.0 Å². The van der Waals surface area contributed by atoms with Crippen molar-refractivity contribution >= 4 is 20.9 Å². The van der Waals surface area contributed by atoms with Crippen LogP contribution >= 0.6 is 0 Å². The van der Waals surface area contributed by atoms with Crippen molar-refractivity contribution in [2.75, 3.05) is 13.7 Å². The van der Waals surface area contributed by atoms with E-state index in [9.17, 15) is 8.42 Å². The molecule has 0 spiro atoms. The van der Waals surface area contributed by atoms with Gasteiger partial charge in [-0.15, -0.1) is 0 Å². The Bertz CT molecular complexity index is 1100. The lowest BCUT2D eigenvalue weighted by molar-refractivity contribution is 0.410. The van der Waals surface area contributed by atoms with Crippen molar-refractivity contribution in [2.24, 2.45) is 0 Å². The number of rotatable bonds is 6. The molecule has 0 aliphatic heterocycles. The number of H-pyrrole nitrogens is 1. The Kier molecular flexibility index (Phi) is 5.31. The first-order valence-electron chi connectivity index (χ1n) is 8.96. The number of hydrogen-bond acceptors (Lipinski definition) is 3. The topological polar surface area (TPSA) is 71.2 Å². The zero-order valence-electron chi connectivity index (χ0n) is 16.4. The molecule has 0 amide bonds. The third-order valence-electron chi connectivity index (χ3n) is 5.01. The quantitative estimate of drug-likeness (QED) is 0.674. The second-order valence-electron chi connectivity index (χ2n) is 6.96. The summed E-state index contributed by atoms with van der Waals surface area (Å²) in [5.74, 6) is 0.573. The summed E-state index contributed by atoms with van der Waals surface area (Å²) in [5.41, 5.74) is 6.15. The molecule has 0 atom stereocenters. The molecular weight excluding hydrogens is 360 g/mol. The Morgan fingerprint density at radius 2 is 1.78 bits per heavy atom. The molecule has 3 aromatic rings. The highest BCUT2D eigenvalue weighted by Crippen LogP contribution is 2.27. The summed E-state index contributed by atoms with van der Waals surface area (Å²) >= 11 is 0. The van der Waals surface area contributed by atoms with Gasteiger partial charge in [0.1, 0.15) is 5.75 Å². The van der Waals surface area contributed by atoms with Gasteiger partial charge in [-0.2, -0.15) is 0 Å². The zero-order valence-corrected chi connectivity index (χ0v) is 17.3. The lowest BCUT2D eigenvalue weighted by Gasteiger charge is -2.13. The Morgan fingerprint density at radius 1 is 1.04 bits per heavy atom. The first kappa shape index (κ1) is 19.5. The van der Waals surface area contributed by atoms with Gasteiger partial charge in [0, 0.05) is 29.2 Å². The molecule has 0 saturated heterocycles. The monoisotopic (exact) mass is 386 g/mol. The molecule has 144 valence electrons. The maximum absolute atomic E-state index is 12.8.